The first-order chi connectivity index (χ1) is 9.18. The highest BCUT2D eigenvalue weighted by molar-refractivity contribution is 5.96. The zero-order chi connectivity index (χ0) is 13.7. The van der Waals surface area contributed by atoms with Crippen molar-refractivity contribution in [2.24, 2.45) is 0 Å². The third-order valence-electron chi connectivity index (χ3n) is 2.99. The van der Waals surface area contributed by atoms with E-state index < -0.39 is 11.7 Å². The molecule has 2 N–H and O–H groups in total. The molecule has 0 radical (unpaired) electrons. The van der Waals surface area contributed by atoms with Crippen LogP contribution >= 0.6 is 0 Å². The van der Waals surface area contributed by atoms with Crippen molar-refractivity contribution in [3.63, 3.8) is 0 Å². The Labute approximate surface area is 110 Å². The minimum absolute atomic E-state index is 0.0457. The molecule has 102 valence electrons. The number of benzene rings is 1. The van der Waals surface area contributed by atoms with Gasteiger partial charge in [0.05, 0.1) is 12.1 Å². The van der Waals surface area contributed by atoms with Gasteiger partial charge in [-0.3, -0.25) is 9.59 Å². The molecule has 2 amide bonds. The first-order valence-electron chi connectivity index (χ1n) is 6.19. The molecule has 0 aliphatic carbocycles. The number of carbonyl (C=O) groups excluding carboxylic acids is 2. The van der Waals surface area contributed by atoms with Gasteiger partial charge in [0.15, 0.2) is 0 Å². The lowest BCUT2D eigenvalue weighted by Crippen LogP contribution is -2.49. The Bertz CT molecular complexity index is 473. The molecule has 19 heavy (non-hydrogen) atoms. The molecular formula is C13H16FN3O2. The Balaban J connectivity index is 1.86. The van der Waals surface area contributed by atoms with Crippen LogP contribution in [0.5, 0.6) is 0 Å². The summed E-state index contributed by atoms with van der Waals surface area (Å²) in [5.74, 6) is -1.30. The minimum Gasteiger partial charge on any atom is -0.343 e. The van der Waals surface area contributed by atoms with Gasteiger partial charge < -0.3 is 15.5 Å². The van der Waals surface area contributed by atoms with Crippen LogP contribution in [0.3, 0.4) is 0 Å². The molecule has 0 aromatic heterocycles. The average molecular weight is 265 g/mol. The van der Waals surface area contributed by atoms with Crippen LogP contribution in [-0.2, 0) is 4.79 Å². The summed E-state index contributed by atoms with van der Waals surface area (Å²) in [7, 11) is 0. The first kappa shape index (κ1) is 13.5. The molecule has 1 saturated heterocycles. The molecule has 1 aromatic carbocycles. The average Bonchev–Trinajstić information content (AvgIpc) is 2.46. The molecule has 0 atom stereocenters. The third-order valence-corrected chi connectivity index (χ3v) is 2.99. The van der Waals surface area contributed by atoms with E-state index in [1.807, 2.05) is 0 Å². The number of rotatable bonds is 3. The number of halogens is 1. The van der Waals surface area contributed by atoms with E-state index in [1.165, 1.54) is 18.2 Å². The van der Waals surface area contributed by atoms with Crippen molar-refractivity contribution in [3.05, 3.63) is 35.6 Å². The largest absolute Gasteiger partial charge is 0.343 e. The van der Waals surface area contributed by atoms with Gasteiger partial charge in [-0.15, -0.1) is 0 Å². The predicted octanol–water partition coefficient (Wildman–Crippen LogP) is -0.0127. The molecule has 1 aliphatic heterocycles. The normalized spacial score (nSPS) is 15.1. The molecule has 5 nitrogen and oxygen atoms in total. The van der Waals surface area contributed by atoms with Gasteiger partial charge in [-0.25, -0.2) is 4.39 Å². The highest BCUT2D eigenvalue weighted by atomic mass is 19.1. The number of nitrogens with zero attached hydrogens (tertiary/aromatic N) is 1. The van der Waals surface area contributed by atoms with E-state index in [1.54, 1.807) is 11.0 Å². The second-order valence-electron chi connectivity index (χ2n) is 4.29. The van der Waals surface area contributed by atoms with Crippen LogP contribution in [0.15, 0.2) is 24.3 Å². The molecule has 1 aliphatic rings. The Hall–Kier alpha value is -1.95. The quantitative estimate of drug-likeness (QED) is 0.808. The van der Waals surface area contributed by atoms with Gasteiger partial charge in [0.25, 0.3) is 5.91 Å². The lowest BCUT2D eigenvalue weighted by molar-refractivity contribution is -0.130. The van der Waals surface area contributed by atoms with Crippen LogP contribution in [-0.4, -0.2) is 49.4 Å². The van der Waals surface area contributed by atoms with E-state index in [2.05, 4.69) is 10.6 Å². The Kier molecular flexibility index (Phi) is 4.46. The van der Waals surface area contributed by atoms with Crippen molar-refractivity contribution < 1.29 is 14.0 Å². The monoisotopic (exact) mass is 265 g/mol. The van der Waals surface area contributed by atoms with Crippen LogP contribution in [0, 0.1) is 5.82 Å². The SMILES string of the molecule is O=C(NCC(=O)N1CCNCC1)c1ccccc1F. The van der Waals surface area contributed by atoms with E-state index >= 15 is 0 Å². The van der Waals surface area contributed by atoms with Crippen LogP contribution in [0.4, 0.5) is 4.39 Å². The van der Waals surface area contributed by atoms with E-state index in [9.17, 15) is 14.0 Å². The summed E-state index contributed by atoms with van der Waals surface area (Å²) in [6.07, 6.45) is 0. The second-order valence-corrected chi connectivity index (χ2v) is 4.29. The van der Waals surface area contributed by atoms with E-state index in [4.69, 9.17) is 0 Å². The maximum absolute atomic E-state index is 13.4. The number of nitrogens with one attached hydrogen (secondary N) is 2. The Morgan fingerprint density at radius 1 is 1.26 bits per heavy atom. The van der Waals surface area contributed by atoms with E-state index in [0.29, 0.717) is 13.1 Å². The third kappa shape index (κ3) is 3.51. The van der Waals surface area contributed by atoms with Gasteiger partial charge in [-0.05, 0) is 12.1 Å². The van der Waals surface area contributed by atoms with Gasteiger partial charge in [0, 0.05) is 26.2 Å². The van der Waals surface area contributed by atoms with Crippen molar-refractivity contribution in [1.29, 1.82) is 0 Å². The van der Waals surface area contributed by atoms with E-state index in [0.717, 1.165) is 13.1 Å². The molecule has 0 bridgehead atoms. The maximum Gasteiger partial charge on any atom is 0.254 e. The lowest BCUT2D eigenvalue weighted by atomic mass is 10.2. The van der Waals surface area contributed by atoms with Crippen molar-refractivity contribution in [1.82, 2.24) is 15.5 Å². The summed E-state index contributed by atoms with van der Waals surface area (Å²) >= 11 is 0. The minimum atomic E-state index is -0.588. The van der Waals surface area contributed by atoms with Crippen LogP contribution in [0.1, 0.15) is 10.4 Å². The molecule has 0 unspecified atom stereocenters. The standard InChI is InChI=1S/C13H16FN3O2/c14-11-4-2-1-3-10(11)13(19)16-9-12(18)17-7-5-15-6-8-17/h1-4,15H,5-9H2,(H,16,19). The number of carbonyl (C=O) groups is 2. The molecule has 1 heterocycles. The van der Waals surface area contributed by atoms with Crippen molar-refractivity contribution in [2.75, 3.05) is 32.7 Å². The molecule has 2 rings (SSSR count). The molecule has 6 heteroatoms. The zero-order valence-corrected chi connectivity index (χ0v) is 10.5. The Morgan fingerprint density at radius 2 is 1.95 bits per heavy atom. The molecule has 1 aromatic rings. The first-order valence-corrected chi connectivity index (χ1v) is 6.19. The molecular weight excluding hydrogens is 249 g/mol. The zero-order valence-electron chi connectivity index (χ0n) is 10.5. The summed E-state index contributed by atoms with van der Waals surface area (Å²) in [5.41, 5.74) is -0.0457. The summed E-state index contributed by atoms with van der Waals surface area (Å²) in [4.78, 5) is 25.2. The van der Waals surface area contributed by atoms with Crippen molar-refractivity contribution in [2.45, 2.75) is 0 Å². The lowest BCUT2D eigenvalue weighted by Gasteiger charge is -2.27. The number of amides is 2. The second kappa shape index (κ2) is 6.29. The smallest absolute Gasteiger partial charge is 0.254 e. The van der Waals surface area contributed by atoms with Gasteiger partial charge in [0.2, 0.25) is 5.91 Å². The predicted molar refractivity (Wildman–Crippen MR) is 68.2 cm³/mol. The van der Waals surface area contributed by atoms with Crippen LogP contribution < -0.4 is 10.6 Å². The van der Waals surface area contributed by atoms with E-state index in [-0.39, 0.29) is 18.0 Å². The number of hydrogen-bond acceptors (Lipinski definition) is 3. The fourth-order valence-corrected chi connectivity index (χ4v) is 1.92. The highest BCUT2D eigenvalue weighted by Gasteiger charge is 2.17. The molecule has 1 fully saturated rings. The van der Waals surface area contributed by atoms with Crippen LogP contribution in [0.2, 0.25) is 0 Å². The van der Waals surface area contributed by atoms with Crippen LogP contribution in [0.25, 0.3) is 0 Å². The topological polar surface area (TPSA) is 61.4 Å². The summed E-state index contributed by atoms with van der Waals surface area (Å²) in [6, 6.07) is 5.70. The van der Waals surface area contributed by atoms with Gasteiger partial charge in [-0.1, -0.05) is 12.1 Å². The summed E-state index contributed by atoms with van der Waals surface area (Å²) in [5, 5.41) is 5.58. The highest BCUT2D eigenvalue weighted by Crippen LogP contribution is 2.05. The Morgan fingerprint density at radius 3 is 2.63 bits per heavy atom. The number of hydrogen-bond donors (Lipinski definition) is 2. The summed E-state index contributed by atoms with van der Waals surface area (Å²) in [6.45, 7) is 2.68. The number of piperazine rings is 1. The fourth-order valence-electron chi connectivity index (χ4n) is 1.92. The van der Waals surface area contributed by atoms with Crippen molar-refractivity contribution in [3.8, 4) is 0 Å². The van der Waals surface area contributed by atoms with Crippen molar-refractivity contribution >= 4 is 11.8 Å². The van der Waals surface area contributed by atoms with Gasteiger partial charge in [-0.2, -0.15) is 0 Å². The fraction of sp³-hybridized carbons (Fsp3) is 0.385. The van der Waals surface area contributed by atoms with Gasteiger partial charge in [0.1, 0.15) is 5.82 Å². The molecule has 0 saturated carbocycles. The molecule has 0 spiro atoms. The van der Waals surface area contributed by atoms with Gasteiger partial charge >= 0.3 is 0 Å². The maximum atomic E-state index is 13.4. The summed E-state index contributed by atoms with van der Waals surface area (Å²) < 4.78 is 13.4.